The Hall–Kier alpha value is -3.81. The Balaban J connectivity index is 1.73. The third kappa shape index (κ3) is 4.30. The number of hydrogen-bond acceptors (Lipinski definition) is 3. The number of hydrogen-bond donors (Lipinski definition) is 1. The first kappa shape index (κ1) is 21.4. The van der Waals surface area contributed by atoms with Gasteiger partial charge in [0.25, 0.3) is 0 Å². The Labute approximate surface area is 179 Å². The molecule has 0 saturated carbocycles. The average molecular weight is 440 g/mol. The summed E-state index contributed by atoms with van der Waals surface area (Å²) in [5.74, 6) is -1.97. The van der Waals surface area contributed by atoms with Crippen LogP contribution in [0.2, 0.25) is 0 Å². The number of benzene rings is 2. The third-order valence-corrected chi connectivity index (χ3v) is 5.23. The molecule has 2 aromatic carbocycles. The highest BCUT2D eigenvalue weighted by Gasteiger charge is 2.31. The highest BCUT2D eigenvalue weighted by Crippen LogP contribution is 2.34. The molecule has 162 valence electrons. The van der Waals surface area contributed by atoms with Crippen LogP contribution >= 0.6 is 0 Å². The summed E-state index contributed by atoms with van der Waals surface area (Å²) in [6.45, 7) is 0. The smallest absolute Gasteiger partial charge is 0.361 e. The van der Waals surface area contributed by atoms with E-state index < -0.39 is 29.3 Å². The van der Waals surface area contributed by atoms with E-state index in [1.165, 1.54) is 48.8 Å². The maximum atomic E-state index is 14.5. The second kappa shape index (κ2) is 8.37. The zero-order chi connectivity index (χ0) is 22.9. The van der Waals surface area contributed by atoms with E-state index in [0.29, 0.717) is 16.5 Å². The molecule has 0 amide bonds. The highest BCUT2D eigenvalue weighted by molar-refractivity contribution is 5.99. The lowest BCUT2D eigenvalue weighted by Gasteiger charge is -2.18. The molecule has 0 unspecified atom stereocenters. The molecule has 0 spiro atoms. The minimum Gasteiger partial charge on any atom is -0.361 e. The molecule has 1 atom stereocenters. The van der Waals surface area contributed by atoms with Crippen molar-refractivity contribution in [2.45, 2.75) is 18.5 Å². The van der Waals surface area contributed by atoms with E-state index in [1.807, 2.05) is 0 Å². The van der Waals surface area contributed by atoms with Gasteiger partial charge in [-0.2, -0.15) is 13.2 Å². The van der Waals surface area contributed by atoms with Crippen molar-refractivity contribution in [1.82, 2.24) is 9.97 Å². The lowest BCUT2D eigenvalue weighted by Crippen LogP contribution is -2.13. The van der Waals surface area contributed by atoms with Crippen LogP contribution in [0.1, 0.15) is 39.5 Å². The number of rotatable bonds is 5. The van der Waals surface area contributed by atoms with Crippen molar-refractivity contribution in [3.63, 3.8) is 0 Å². The monoisotopic (exact) mass is 440 g/mol. The SMILES string of the molecule is O=C(C[C@@H](c1ccc(C(F)(F)F)cc1)c1ncccc1F)c1ccc2[nH]ccc(=O)c2c1. The minimum atomic E-state index is -4.52. The van der Waals surface area contributed by atoms with Crippen LogP contribution < -0.4 is 5.43 Å². The zero-order valence-electron chi connectivity index (χ0n) is 16.5. The van der Waals surface area contributed by atoms with Gasteiger partial charge >= 0.3 is 6.18 Å². The molecule has 0 fully saturated rings. The van der Waals surface area contributed by atoms with Crippen molar-refractivity contribution < 1.29 is 22.4 Å². The number of nitrogens with one attached hydrogen (secondary N) is 1. The van der Waals surface area contributed by atoms with Crippen LogP contribution in [0.15, 0.2) is 77.9 Å². The Morgan fingerprint density at radius 2 is 1.78 bits per heavy atom. The zero-order valence-corrected chi connectivity index (χ0v) is 16.5. The maximum Gasteiger partial charge on any atom is 0.416 e. The first-order valence-electron chi connectivity index (χ1n) is 9.66. The molecule has 2 aromatic heterocycles. The summed E-state index contributed by atoms with van der Waals surface area (Å²) in [6, 6.07) is 12.7. The number of aromatic nitrogens is 2. The number of fused-ring (bicyclic) bond motifs is 1. The van der Waals surface area contributed by atoms with Gasteiger partial charge in [0.1, 0.15) is 5.82 Å². The van der Waals surface area contributed by atoms with E-state index in [4.69, 9.17) is 0 Å². The number of nitrogens with zero attached hydrogens (tertiary/aromatic N) is 1. The molecule has 8 heteroatoms. The average Bonchev–Trinajstić information content (AvgIpc) is 2.77. The third-order valence-electron chi connectivity index (χ3n) is 5.23. The minimum absolute atomic E-state index is 0.0424. The van der Waals surface area contributed by atoms with Crippen LogP contribution in [0.3, 0.4) is 0 Å². The van der Waals surface area contributed by atoms with E-state index in [0.717, 1.165) is 12.1 Å². The van der Waals surface area contributed by atoms with Gasteiger partial charge in [0.2, 0.25) is 0 Å². The molecule has 1 N–H and O–H groups in total. The fraction of sp³-hybridized carbons (Fsp3) is 0.125. The molecule has 4 nitrogen and oxygen atoms in total. The Bertz CT molecular complexity index is 1340. The number of carbonyl (C=O) groups excluding carboxylic acids is 1. The molecular weight excluding hydrogens is 424 g/mol. The van der Waals surface area contributed by atoms with E-state index in [2.05, 4.69) is 9.97 Å². The van der Waals surface area contributed by atoms with Crippen LogP contribution in [0.4, 0.5) is 17.6 Å². The van der Waals surface area contributed by atoms with E-state index in [9.17, 15) is 27.2 Å². The Kier molecular flexibility index (Phi) is 5.61. The van der Waals surface area contributed by atoms with Gasteiger partial charge in [0.05, 0.1) is 11.3 Å². The lowest BCUT2D eigenvalue weighted by atomic mass is 9.87. The fourth-order valence-electron chi connectivity index (χ4n) is 3.58. The predicted molar refractivity (Wildman–Crippen MR) is 111 cm³/mol. The second-order valence-electron chi connectivity index (χ2n) is 7.27. The van der Waals surface area contributed by atoms with Gasteiger partial charge in [0.15, 0.2) is 11.2 Å². The molecule has 0 radical (unpaired) electrons. The molecule has 0 aliphatic carbocycles. The van der Waals surface area contributed by atoms with Gasteiger partial charge in [-0.15, -0.1) is 0 Å². The van der Waals surface area contributed by atoms with Crippen molar-refractivity contribution >= 4 is 16.7 Å². The fourth-order valence-corrected chi connectivity index (χ4v) is 3.58. The molecule has 4 aromatic rings. The number of aromatic amines is 1. The van der Waals surface area contributed by atoms with Crippen molar-refractivity contribution in [3.8, 4) is 0 Å². The van der Waals surface area contributed by atoms with Crippen LogP contribution in [0, 0.1) is 5.82 Å². The molecule has 0 aliphatic rings. The molecule has 0 saturated heterocycles. The van der Waals surface area contributed by atoms with Gasteiger partial charge in [-0.25, -0.2) is 4.39 Å². The van der Waals surface area contributed by atoms with Crippen LogP contribution in [0.25, 0.3) is 10.9 Å². The molecule has 0 aliphatic heterocycles. The number of ketones is 1. The van der Waals surface area contributed by atoms with Gasteiger partial charge < -0.3 is 4.98 Å². The quantitative estimate of drug-likeness (QED) is 0.330. The van der Waals surface area contributed by atoms with Crippen molar-refractivity contribution in [1.29, 1.82) is 0 Å². The van der Waals surface area contributed by atoms with E-state index in [1.54, 1.807) is 12.1 Å². The largest absolute Gasteiger partial charge is 0.416 e. The van der Waals surface area contributed by atoms with Gasteiger partial charge in [0, 0.05) is 47.3 Å². The predicted octanol–water partition coefficient (Wildman–Crippen LogP) is 5.49. The summed E-state index contributed by atoms with van der Waals surface area (Å²) in [4.78, 5) is 32.1. The summed E-state index contributed by atoms with van der Waals surface area (Å²) >= 11 is 0. The number of Topliss-reactive ketones (excluding diaryl/α,β-unsaturated/α-hetero) is 1. The summed E-state index contributed by atoms with van der Waals surface area (Å²) in [5, 5.41) is 0.327. The second-order valence-corrected chi connectivity index (χ2v) is 7.27. The number of carbonyl (C=O) groups is 1. The molecule has 2 heterocycles. The van der Waals surface area contributed by atoms with Gasteiger partial charge in [-0.05, 0) is 48.0 Å². The molecule has 32 heavy (non-hydrogen) atoms. The molecule has 4 rings (SSSR count). The topological polar surface area (TPSA) is 62.8 Å². The highest BCUT2D eigenvalue weighted by atomic mass is 19.4. The first-order chi connectivity index (χ1) is 15.2. The van der Waals surface area contributed by atoms with E-state index >= 15 is 0 Å². The summed E-state index contributed by atoms with van der Waals surface area (Å²) in [5.41, 5.74) is -0.0292. The maximum absolute atomic E-state index is 14.5. The van der Waals surface area contributed by atoms with Crippen molar-refractivity contribution in [2.75, 3.05) is 0 Å². The normalized spacial score (nSPS) is 12.6. The summed E-state index contributed by atoms with van der Waals surface area (Å²) in [7, 11) is 0. The van der Waals surface area contributed by atoms with Crippen molar-refractivity contribution in [3.05, 3.63) is 111 Å². The summed E-state index contributed by atoms with van der Waals surface area (Å²) < 4.78 is 53.3. The van der Waals surface area contributed by atoms with Crippen LogP contribution in [-0.4, -0.2) is 15.8 Å². The standard InChI is InChI=1S/C24H16F4N2O2/c25-19-2-1-10-30-23(19)17(14-3-6-16(7-4-14)24(26,27)28)13-22(32)15-5-8-20-18(12-15)21(31)9-11-29-20/h1-12,17H,13H2,(H,29,31)/t17-/m0/s1. The first-order valence-corrected chi connectivity index (χ1v) is 9.66. The number of pyridine rings is 2. The summed E-state index contributed by atoms with van der Waals surface area (Å²) in [6.07, 6.45) is -1.90. The Morgan fingerprint density at radius 3 is 2.47 bits per heavy atom. The lowest BCUT2D eigenvalue weighted by molar-refractivity contribution is -0.137. The number of H-pyrrole nitrogens is 1. The molecular formula is C24H16F4N2O2. The Morgan fingerprint density at radius 1 is 1.03 bits per heavy atom. The van der Waals surface area contributed by atoms with E-state index in [-0.39, 0.29) is 23.1 Å². The number of alkyl halides is 3. The number of halogens is 4. The van der Waals surface area contributed by atoms with Gasteiger partial charge in [-0.3, -0.25) is 14.6 Å². The van der Waals surface area contributed by atoms with Gasteiger partial charge in [-0.1, -0.05) is 12.1 Å². The van der Waals surface area contributed by atoms with Crippen LogP contribution in [0.5, 0.6) is 0 Å². The van der Waals surface area contributed by atoms with Crippen molar-refractivity contribution in [2.24, 2.45) is 0 Å². The molecule has 0 bridgehead atoms. The van der Waals surface area contributed by atoms with Crippen LogP contribution in [-0.2, 0) is 6.18 Å².